The number of imidazole rings is 1. The van der Waals surface area contributed by atoms with Crippen molar-refractivity contribution in [2.45, 2.75) is 45.8 Å². The smallest absolute Gasteiger partial charge is 0.231 e. The summed E-state index contributed by atoms with van der Waals surface area (Å²) in [7, 11) is 3.41. The molecule has 5 rings (SSSR count). The minimum atomic E-state index is 0.275. The fourth-order valence-electron chi connectivity index (χ4n) is 5.02. The van der Waals surface area contributed by atoms with Gasteiger partial charge in [-0.05, 0) is 54.3 Å². The molecular weight excluding hydrogens is 490 g/mol. The molecule has 0 spiro atoms. The van der Waals surface area contributed by atoms with Crippen LogP contribution < -0.4 is 18.9 Å². The fourth-order valence-corrected chi connectivity index (χ4v) is 5.02. The van der Waals surface area contributed by atoms with E-state index in [1.165, 1.54) is 11.3 Å². The average molecular weight is 528 g/mol. The number of methoxy groups -OCH3 is 2. The van der Waals surface area contributed by atoms with E-state index in [0.717, 1.165) is 85.4 Å². The van der Waals surface area contributed by atoms with Crippen LogP contribution in [0.4, 0.5) is 0 Å². The van der Waals surface area contributed by atoms with Crippen molar-refractivity contribution >= 4 is 0 Å². The van der Waals surface area contributed by atoms with Gasteiger partial charge in [0.05, 0.1) is 26.1 Å². The van der Waals surface area contributed by atoms with Gasteiger partial charge in [-0.3, -0.25) is 4.90 Å². The van der Waals surface area contributed by atoms with Crippen molar-refractivity contribution < 1.29 is 18.9 Å². The highest BCUT2D eigenvalue weighted by atomic mass is 16.7. The molecule has 1 aliphatic rings. The minimum absolute atomic E-state index is 0.275. The number of fused-ring (bicyclic) bond motifs is 1. The third kappa shape index (κ3) is 6.37. The molecule has 0 radical (unpaired) electrons. The number of nitrogens with zero attached hydrogens (tertiary/aromatic N) is 3. The molecule has 4 aromatic rings. The maximum Gasteiger partial charge on any atom is 0.231 e. The van der Waals surface area contributed by atoms with E-state index in [0.29, 0.717) is 0 Å². The zero-order valence-corrected chi connectivity index (χ0v) is 23.1. The molecule has 0 N–H and O–H groups in total. The number of hydrogen-bond acceptors (Lipinski definition) is 6. The Morgan fingerprint density at radius 3 is 2.56 bits per heavy atom. The van der Waals surface area contributed by atoms with Crippen molar-refractivity contribution in [3.63, 3.8) is 0 Å². The van der Waals surface area contributed by atoms with Gasteiger partial charge in [0.15, 0.2) is 11.5 Å². The summed E-state index contributed by atoms with van der Waals surface area (Å²) < 4.78 is 24.7. The third-order valence-corrected chi connectivity index (χ3v) is 7.12. The van der Waals surface area contributed by atoms with Crippen LogP contribution >= 0.6 is 0 Å². The zero-order chi connectivity index (χ0) is 27.0. The lowest BCUT2D eigenvalue weighted by Gasteiger charge is -2.24. The molecule has 7 heteroatoms. The Hall–Kier alpha value is -3.97. The maximum atomic E-state index is 5.66. The quantitative estimate of drug-likeness (QED) is 0.202. The van der Waals surface area contributed by atoms with Crippen LogP contribution in [-0.4, -0.2) is 42.0 Å². The van der Waals surface area contributed by atoms with Crippen molar-refractivity contribution in [1.29, 1.82) is 0 Å². The molecule has 0 aliphatic carbocycles. The normalized spacial score (nSPS) is 12.2. The summed E-state index contributed by atoms with van der Waals surface area (Å²) in [6.07, 6.45) is 5.09. The molecule has 3 aromatic carbocycles. The van der Waals surface area contributed by atoms with Crippen molar-refractivity contribution in [2.24, 2.45) is 0 Å². The van der Waals surface area contributed by atoms with Crippen molar-refractivity contribution in [3.8, 4) is 34.4 Å². The Balaban J connectivity index is 1.43. The molecule has 0 atom stereocenters. The highest BCUT2D eigenvalue weighted by molar-refractivity contribution is 5.56. The van der Waals surface area contributed by atoms with Crippen LogP contribution in [0.5, 0.6) is 23.0 Å². The Labute approximate surface area is 230 Å². The summed E-state index contributed by atoms with van der Waals surface area (Å²) >= 11 is 0. The van der Waals surface area contributed by atoms with Gasteiger partial charge in [0.1, 0.15) is 17.3 Å². The van der Waals surface area contributed by atoms with Crippen LogP contribution in [-0.2, 0) is 26.1 Å². The summed E-state index contributed by atoms with van der Waals surface area (Å²) in [5, 5.41) is 0. The molecule has 1 aliphatic heterocycles. The average Bonchev–Trinajstić information content (AvgIpc) is 3.61. The molecule has 0 fully saturated rings. The lowest BCUT2D eigenvalue weighted by atomic mass is 10.1. The molecular formula is C32H37N3O4. The lowest BCUT2D eigenvalue weighted by Crippen LogP contribution is -2.27. The zero-order valence-electron chi connectivity index (χ0n) is 23.1. The number of benzene rings is 3. The third-order valence-electron chi connectivity index (χ3n) is 7.12. The van der Waals surface area contributed by atoms with Crippen LogP contribution in [0.1, 0.15) is 36.6 Å². The molecule has 0 amide bonds. The van der Waals surface area contributed by atoms with Gasteiger partial charge in [0.2, 0.25) is 6.79 Å². The predicted octanol–water partition coefficient (Wildman–Crippen LogP) is 6.34. The van der Waals surface area contributed by atoms with Gasteiger partial charge in [-0.1, -0.05) is 49.7 Å². The largest absolute Gasteiger partial charge is 0.497 e. The Morgan fingerprint density at radius 1 is 0.923 bits per heavy atom. The molecule has 2 heterocycles. The second-order valence-electron chi connectivity index (χ2n) is 9.77. The van der Waals surface area contributed by atoms with E-state index < -0.39 is 0 Å². The highest BCUT2D eigenvalue weighted by Crippen LogP contribution is 2.33. The van der Waals surface area contributed by atoms with Crippen molar-refractivity contribution in [3.05, 3.63) is 89.7 Å². The van der Waals surface area contributed by atoms with Gasteiger partial charge in [-0.25, -0.2) is 4.98 Å². The molecule has 0 unspecified atom stereocenters. The number of aromatic nitrogens is 2. The van der Waals surface area contributed by atoms with E-state index >= 15 is 0 Å². The first kappa shape index (κ1) is 26.6. The van der Waals surface area contributed by atoms with E-state index in [1.54, 1.807) is 14.2 Å². The molecule has 204 valence electrons. The molecule has 7 nitrogen and oxygen atoms in total. The van der Waals surface area contributed by atoms with Gasteiger partial charge in [-0.2, -0.15) is 0 Å². The van der Waals surface area contributed by atoms with Gasteiger partial charge >= 0.3 is 0 Å². The second kappa shape index (κ2) is 12.7. The highest BCUT2D eigenvalue weighted by Gasteiger charge is 2.18. The number of rotatable bonds is 13. The van der Waals surface area contributed by atoms with Crippen LogP contribution in [0.25, 0.3) is 11.4 Å². The fraction of sp³-hybridized carbons (Fsp3) is 0.344. The predicted molar refractivity (Wildman–Crippen MR) is 152 cm³/mol. The minimum Gasteiger partial charge on any atom is -0.497 e. The Bertz CT molecular complexity index is 1370. The van der Waals surface area contributed by atoms with Gasteiger partial charge < -0.3 is 23.5 Å². The maximum absolute atomic E-state index is 5.66. The summed E-state index contributed by atoms with van der Waals surface area (Å²) in [5.74, 6) is 4.34. The standard InChI is InChI=1S/C32H37N3O4/c1-4-5-16-35-27(20-33-32(35)25-9-7-6-8-10-25)22-34(21-24-11-13-30-31(18-24)39-23-38-30)17-15-26-19-28(36-2)12-14-29(26)37-3/h6-14,18-20H,4-5,15-17,21-23H2,1-3H3. The van der Waals surface area contributed by atoms with Crippen LogP contribution in [0.15, 0.2) is 72.9 Å². The molecule has 1 aromatic heterocycles. The number of hydrogen-bond donors (Lipinski definition) is 0. The first-order valence-electron chi connectivity index (χ1n) is 13.6. The molecule has 39 heavy (non-hydrogen) atoms. The molecule has 0 saturated heterocycles. The second-order valence-corrected chi connectivity index (χ2v) is 9.77. The van der Waals surface area contributed by atoms with Gasteiger partial charge in [0.25, 0.3) is 0 Å². The lowest BCUT2D eigenvalue weighted by molar-refractivity contribution is 0.174. The van der Waals surface area contributed by atoms with Crippen LogP contribution in [0, 0.1) is 0 Å². The topological polar surface area (TPSA) is 58.0 Å². The SMILES string of the molecule is CCCCn1c(CN(CCc2cc(OC)ccc2OC)Cc2ccc3c(c2)OCO3)cnc1-c1ccccc1. The Morgan fingerprint density at radius 2 is 1.77 bits per heavy atom. The van der Waals surface area contributed by atoms with Crippen LogP contribution in [0.2, 0.25) is 0 Å². The molecule has 0 bridgehead atoms. The van der Waals surface area contributed by atoms with E-state index in [9.17, 15) is 0 Å². The van der Waals surface area contributed by atoms with Gasteiger partial charge in [0, 0.05) is 31.7 Å². The summed E-state index contributed by atoms with van der Waals surface area (Å²) in [6, 6.07) is 22.6. The molecule has 0 saturated carbocycles. The van der Waals surface area contributed by atoms with Crippen molar-refractivity contribution in [1.82, 2.24) is 14.5 Å². The van der Waals surface area contributed by atoms with E-state index in [1.807, 2.05) is 30.5 Å². The Kier molecular flexibility index (Phi) is 8.68. The van der Waals surface area contributed by atoms with Crippen molar-refractivity contribution in [2.75, 3.05) is 27.6 Å². The monoisotopic (exact) mass is 527 g/mol. The first-order chi connectivity index (χ1) is 19.2. The van der Waals surface area contributed by atoms with Gasteiger partial charge in [-0.15, -0.1) is 0 Å². The number of unbranched alkanes of at least 4 members (excludes halogenated alkanes) is 1. The van der Waals surface area contributed by atoms with E-state index in [-0.39, 0.29) is 6.79 Å². The first-order valence-corrected chi connectivity index (χ1v) is 13.6. The number of ether oxygens (including phenoxy) is 4. The summed E-state index contributed by atoms with van der Waals surface area (Å²) in [5.41, 5.74) is 4.65. The summed E-state index contributed by atoms with van der Waals surface area (Å²) in [6.45, 7) is 5.81. The van der Waals surface area contributed by atoms with Crippen LogP contribution in [0.3, 0.4) is 0 Å². The van der Waals surface area contributed by atoms with E-state index in [2.05, 4.69) is 58.9 Å². The van der Waals surface area contributed by atoms with E-state index in [4.69, 9.17) is 23.9 Å². The summed E-state index contributed by atoms with van der Waals surface area (Å²) in [4.78, 5) is 7.34.